The van der Waals surface area contributed by atoms with E-state index in [1.807, 2.05) is 25.7 Å². The number of nitrogens with zero attached hydrogens (tertiary/aromatic N) is 1. The fourth-order valence-corrected chi connectivity index (χ4v) is 1.72. The number of carbonyl (C=O) groups is 1. The van der Waals surface area contributed by atoms with Crippen molar-refractivity contribution in [3.05, 3.63) is 0 Å². The second-order valence-corrected chi connectivity index (χ2v) is 4.89. The number of hydrogen-bond donors (Lipinski definition) is 2. The standard InChI is InChI=1S/C13H28N2O3/c1-11(2)15(7-9-18-10-8-16)13(17)6-4-5-12(3)14/h11-12,16H,4-10,14H2,1-3H3. The Morgan fingerprint density at radius 2 is 2.00 bits per heavy atom. The van der Waals surface area contributed by atoms with Crippen molar-refractivity contribution in [2.75, 3.05) is 26.4 Å². The predicted octanol–water partition coefficient (Wildman–Crippen LogP) is 0.750. The minimum atomic E-state index is 0.0179. The first-order valence-corrected chi connectivity index (χ1v) is 6.72. The van der Waals surface area contributed by atoms with Gasteiger partial charge >= 0.3 is 0 Å². The van der Waals surface area contributed by atoms with Gasteiger partial charge in [-0.15, -0.1) is 0 Å². The number of carbonyl (C=O) groups excluding carboxylic acids is 1. The SMILES string of the molecule is CC(N)CCCC(=O)N(CCOCCO)C(C)C. The first kappa shape index (κ1) is 17.4. The van der Waals surface area contributed by atoms with Gasteiger partial charge in [-0.25, -0.2) is 0 Å². The van der Waals surface area contributed by atoms with Gasteiger partial charge in [0.2, 0.25) is 5.91 Å². The molecule has 0 aromatic carbocycles. The van der Waals surface area contributed by atoms with Crippen molar-refractivity contribution >= 4 is 5.91 Å². The summed E-state index contributed by atoms with van der Waals surface area (Å²) in [5.41, 5.74) is 5.66. The van der Waals surface area contributed by atoms with Crippen molar-refractivity contribution in [3.63, 3.8) is 0 Å². The van der Waals surface area contributed by atoms with E-state index in [4.69, 9.17) is 15.6 Å². The van der Waals surface area contributed by atoms with Crippen LogP contribution in [0.5, 0.6) is 0 Å². The van der Waals surface area contributed by atoms with Crippen LogP contribution in [0.25, 0.3) is 0 Å². The van der Waals surface area contributed by atoms with Crippen molar-refractivity contribution < 1.29 is 14.6 Å². The van der Waals surface area contributed by atoms with E-state index in [-0.39, 0.29) is 24.6 Å². The summed E-state index contributed by atoms with van der Waals surface area (Å²) >= 11 is 0. The zero-order valence-corrected chi connectivity index (χ0v) is 11.9. The number of hydrogen-bond acceptors (Lipinski definition) is 4. The Kier molecular flexibility index (Phi) is 9.92. The van der Waals surface area contributed by atoms with Gasteiger partial charge in [-0.1, -0.05) is 0 Å². The third-order valence-corrected chi connectivity index (χ3v) is 2.71. The summed E-state index contributed by atoms with van der Waals surface area (Å²) in [7, 11) is 0. The van der Waals surface area contributed by atoms with Crippen molar-refractivity contribution in [2.45, 2.75) is 52.1 Å². The number of aliphatic hydroxyl groups is 1. The second kappa shape index (κ2) is 10.3. The first-order valence-electron chi connectivity index (χ1n) is 6.72. The molecule has 0 aromatic heterocycles. The molecule has 0 rings (SSSR count). The van der Waals surface area contributed by atoms with Crippen molar-refractivity contribution in [1.29, 1.82) is 0 Å². The van der Waals surface area contributed by atoms with Crippen molar-refractivity contribution in [3.8, 4) is 0 Å². The molecule has 1 amide bonds. The summed E-state index contributed by atoms with van der Waals surface area (Å²) < 4.78 is 5.19. The van der Waals surface area contributed by atoms with Crippen LogP contribution < -0.4 is 5.73 Å². The highest BCUT2D eigenvalue weighted by molar-refractivity contribution is 5.76. The fraction of sp³-hybridized carbons (Fsp3) is 0.923. The van der Waals surface area contributed by atoms with E-state index in [0.717, 1.165) is 12.8 Å². The Bertz CT molecular complexity index is 220. The minimum absolute atomic E-state index is 0.0179. The summed E-state index contributed by atoms with van der Waals surface area (Å²) in [6, 6.07) is 0.323. The highest BCUT2D eigenvalue weighted by atomic mass is 16.5. The summed E-state index contributed by atoms with van der Waals surface area (Å²) in [5.74, 6) is 0.151. The maximum atomic E-state index is 12.0. The molecule has 108 valence electrons. The Labute approximate surface area is 110 Å². The maximum Gasteiger partial charge on any atom is 0.222 e. The molecule has 0 aromatic rings. The quantitative estimate of drug-likeness (QED) is 0.568. The molecule has 5 nitrogen and oxygen atoms in total. The largest absolute Gasteiger partial charge is 0.394 e. The normalized spacial score (nSPS) is 12.8. The van der Waals surface area contributed by atoms with E-state index in [2.05, 4.69) is 0 Å². The average Bonchev–Trinajstić information content (AvgIpc) is 2.27. The van der Waals surface area contributed by atoms with Gasteiger partial charge in [0, 0.05) is 25.0 Å². The smallest absolute Gasteiger partial charge is 0.222 e. The third kappa shape index (κ3) is 8.44. The van der Waals surface area contributed by atoms with Crippen LogP contribution in [0, 0.1) is 0 Å². The van der Waals surface area contributed by atoms with E-state index in [1.165, 1.54) is 0 Å². The van der Waals surface area contributed by atoms with Crippen LogP contribution in [0.3, 0.4) is 0 Å². The zero-order chi connectivity index (χ0) is 14.0. The lowest BCUT2D eigenvalue weighted by molar-refractivity contribution is -0.133. The van der Waals surface area contributed by atoms with Crippen LogP contribution in [0.2, 0.25) is 0 Å². The zero-order valence-electron chi connectivity index (χ0n) is 11.9. The fourth-order valence-electron chi connectivity index (χ4n) is 1.72. The molecule has 0 spiro atoms. The van der Waals surface area contributed by atoms with E-state index in [0.29, 0.717) is 26.2 Å². The number of nitrogens with two attached hydrogens (primary N) is 1. The number of rotatable bonds is 10. The molecule has 0 saturated heterocycles. The van der Waals surface area contributed by atoms with Crippen LogP contribution in [0.15, 0.2) is 0 Å². The molecule has 1 atom stereocenters. The Hall–Kier alpha value is -0.650. The Morgan fingerprint density at radius 3 is 2.50 bits per heavy atom. The molecular weight excluding hydrogens is 232 g/mol. The van der Waals surface area contributed by atoms with Gasteiger partial charge < -0.3 is 20.5 Å². The van der Waals surface area contributed by atoms with Gasteiger partial charge in [0.15, 0.2) is 0 Å². The van der Waals surface area contributed by atoms with Gasteiger partial charge in [-0.05, 0) is 33.6 Å². The lowest BCUT2D eigenvalue weighted by Gasteiger charge is -2.27. The topological polar surface area (TPSA) is 75.8 Å². The van der Waals surface area contributed by atoms with Gasteiger partial charge in [0.1, 0.15) is 0 Å². The molecule has 0 radical (unpaired) electrons. The van der Waals surface area contributed by atoms with Crippen LogP contribution >= 0.6 is 0 Å². The molecule has 0 aliphatic carbocycles. The van der Waals surface area contributed by atoms with Crippen LogP contribution in [0.4, 0.5) is 0 Å². The summed E-state index contributed by atoms with van der Waals surface area (Å²) in [6.45, 7) is 7.33. The number of ether oxygens (including phenoxy) is 1. The monoisotopic (exact) mass is 260 g/mol. The predicted molar refractivity (Wildman–Crippen MR) is 72.3 cm³/mol. The van der Waals surface area contributed by atoms with Gasteiger partial charge in [0.05, 0.1) is 19.8 Å². The molecule has 5 heteroatoms. The summed E-state index contributed by atoms with van der Waals surface area (Å²) in [4.78, 5) is 13.8. The molecule has 18 heavy (non-hydrogen) atoms. The van der Waals surface area contributed by atoms with E-state index < -0.39 is 0 Å². The molecule has 0 fully saturated rings. The van der Waals surface area contributed by atoms with E-state index in [1.54, 1.807) is 0 Å². The van der Waals surface area contributed by atoms with Gasteiger partial charge in [-0.3, -0.25) is 4.79 Å². The molecular formula is C13H28N2O3. The molecule has 0 aliphatic rings. The highest BCUT2D eigenvalue weighted by Crippen LogP contribution is 2.06. The Morgan fingerprint density at radius 1 is 1.33 bits per heavy atom. The molecule has 0 saturated carbocycles. The summed E-state index contributed by atoms with van der Waals surface area (Å²) in [6.07, 6.45) is 2.25. The number of aliphatic hydroxyl groups excluding tert-OH is 1. The number of amides is 1. The molecule has 0 aliphatic heterocycles. The van der Waals surface area contributed by atoms with Gasteiger partial charge in [-0.2, -0.15) is 0 Å². The maximum absolute atomic E-state index is 12.0. The lowest BCUT2D eigenvalue weighted by Crippen LogP contribution is -2.39. The molecule has 3 N–H and O–H groups in total. The highest BCUT2D eigenvalue weighted by Gasteiger charge is 2.16. The minimum Gasteiger partial charge on any atom is -0.394 e. The lowest BCUT2D eigenvalue weighted by atomic mass is 10.1. The summed E-state index contributed by atoms with van der Waals surface area (Å²) in [5, 5.41) is 8.60. The van der Waals surface area contributed by atoms with Crippen LogP contribution in [-0.4, -0.2) is 54.4 Å². The van der Waals surface area contributed by atoms with Crippen LogP contribution in [0.1, 0.15) is 40.0 Å². The molecule has 1 unspecified atom stereocenters. The van der Waals surface area contributed by atoms with Crippen molar-refractivity contribution in [1.82, 2.24) is 4.90 Å². The average molecular weight is 260 g/mol. The Balaban J connectivity index is 3.95. The van der Waals surface area contributed by atoms with Crippen LogP contribution in [-0.2, 0) is 9.53 Å². The molecule has 0 heterocycles. The third-order valence-electron chi connectivity index (χ3n) is 2.71. The van der Waals surface area contributed by atoms with Crippen molar-refractivity contribution in [2.24, 2.45) is 5.73 Å². The second-order valence-electron chi connectivity index (χ2n) is 4.89. The first-order chi connectivity index (χ1) is 8.49. The van der Waals surface area contributed by atoms with E-state index >= 15 is 0 Å². The molecule has 0 bridgehead atoms. The van der Waals surface area contributed by atoms with E-state index in [9.17, 15) is 4.79 Å². The van der Waals surface area contributed by atoms with Gasteiger partial charge in [0.25, 0.3) is 0 Å².